The minimum Gasteiger partial charge on any atom is -0.343 e. The second kappa shape index (κ2) is 16.9. The van der Waals surface area contributed by atoms with Crippen molar-refractivity contribution in [2.75, 3.05) is 38.5 Å². The van der Waals surface area contributed by atoms with Crippen molar-refractivity contribution in [2.24, 2.45) is 0 Å². The Hall–Kier alpha value is -3.72. The summed E-state index contributed by atoms with van der Waals surface area (Å²) in [6, 6.07) is 33.7. The van der Waals surface area contributed by atoms with E-state index in [-0.39, 0.29) is 24.1 Å². The third kappa shape index (κ3) is 8.61. The summed E-state index contributed by atoms with van der Waals surface area (Å²) < 4.78 is 29.7. The van der Waals surface area contributed by atoms with Crippen LogP contribution >= 0.6 is 14.3 Å². The summed E-state index contributed by atoms with van der Waals surface area (Å²) >= 11 is 0. The minimum atomic E-state index is -3.32. The normalized spacial score (nSPS) is 13.7. The predicted molar refractivity (Wildman–Crippen MR) is 198 cm³/mol. The zero-order chi connectivity index (χ0) is 33.9. The van der Waals surface area contributed by atoms with Crippen LogP contribution in [0.3, 0.4) is 0 Å². The average Bonchev–Trinajstić information content (AvgIpc) is 3.11. The lowest BCUT2D eigenvalue weighted by Gasteiger charge is -2.26. The molecule has 0 fully saturated rings. The van der Waals surface area contributed by atoms with Gasteiger partial charge in [0.25, 0.3) is 0 Å². The molecule has 4 aromatic rings. The first kappa shape index (κ1) is 36.1. The topological polar surface area (TPSA) is 74.8 Å². The van der Waals surface area contributed by atoms with E-state index in [4.69, 9.17) is 0 Å². The molecule has 0 spiro atoms. The molecule has 4 rings (SSSR count). The lowest BCUT2D eigenvalue weighted by molar-refractivity contribution is -0.129. The second-order valence-corrected chi connectivity index (χ2v) is 17.5. The smallest absolute Gasteiger partial charge is 0.230 e. The van der Waals surface area contributed by atoms with Crippen molar-refractivity contribution in [1.29, 1.82) is 0 Å². The van der Waals surface area contributed by atoms with E-state index < -0.39 is 14.3 Å². The van der Waals surface area contributed by atoms with E-state index in [9.17, 15) is 14.2 Å². The van der Waals surface area contributed by atoms with Crippen molar-refractivity contribution in [2.45, 2.75) is 47.0 Å². The number of hydrogen-bond acceptors (Lipinski definition) is 4. The Balaban J connectivity index is 1.71. The van der Waals surface area contributed by atoms with Crippen LogP contribution in [-0.4, -0.2) is 60.1 Å². The summed E-state index contributed by atoms with van der Waals surface area (Å²) in [4.78, 5) is 30.5. The SMILES string of the molecule is CCCCN(CCC)C(=O)CP(=O)(c1ccccc1)c1cccc(-c2ccc(P(=O)(CC(=O)N(CC)CC)c3ccccc3)cc2)c1. The molecule has 248 valence electrons. The van der Waals surface area contributed by atoms with E-state index in [1.165, 1.54) is 0 Å². The van der Waals surface area contributed by atoms with E-state index in [0.717, 1.165) is 30.4 Å². The van der Waals surface area contributed by atoms with Gasteiger partial charge in [-0.1, -0.05) is 123 Å². The molecule has 8 heteroatoms. The Bertz CT molecular complexity index is 1700. The van der Waals surface area contributed by atoms with Crippen LogP contribution < -0.4 is 21.2 Å². The van der Waals surface area contributed by atoms with Gasteiger partial charge in [-0.15, -0.1) is 0 Å². The fourth-order valence-electron chi connectivity index (χ4n) is 5.94. The lowest BCUT2D eigenvalue weighted by Crippen LogP contribution is -2.37. The summed E-state index contributed by atoms with van der Waals surface area (Å²) in [7, 11) is -6.59. The number of rotatable bonds is 16. The maximum atomic E-state index is 15.0. The number of benzene rings is 4. The van der Waals surface area contributed by atoms with E-state index >= 15 is 4.57 Å². The van der Waals surface area contributed by atoms with Crippen LogP contribution in [0.1, 0.15) is 47.0 Å². The van der Waals surface area contributed by atoms with Crippen molar-refractivity contribution in [3.8, 4) is 11.1 Å². The van der Waals surface area contributed by atoms with Gasteiger partial charge in [-0.2, -0.15) is 0 Å². The molecule has 0 saturated heterocycles. The van der Waals surface area contributed by atoms with Crippen molar-refractivity contribution >= 4 is 47.3 Å². The molecule has 0 bridgehead atoms. The molecule has 0 aliphatic heterocycles. The summed E-state index contributed by atoms with van der Waals surface area (Å²) in [6.07, 6.45) is 2.60. The number of carbonyl (C=O) groups is 2. The summed E-state index contributed by atoms with van der Waals surface area (Å²) in [6.45, 7) is 10.5. The highest BCUT2D eigenvalue weighted by Crippen LogP contribution is 2.45. The average molecular weight is 671 g/mol. The Morgan fingerprint density at radius 3 is 1.51 bits per heavy atom. The lowest BCUT2D eigenvalue weighted by atomic mass is 10.1. The number of hydrogen-bond donors (Lipinski definition) is 0. The largest absolute Gasteiger partial charge is 0.343 e. The first-order valence-electron chi connectivity index (χ1n) is 16.8. The molecular weight excluding hydrogens is 622 g/mol. The zero-order valence-corrected chi connectivity index (χ0v) is 30.0. The number of unbranched alkanes of at least 4 members (excludes halogenated alkanes) is 1. The third-order valence-electron chi connectivity index (χ3n) is 8.69. The van der Waals surface area contributed by atoms with Gasteiger partial charge in [-0.25, -0.2) is 0 Å². The fraction of sp³-hybridized carbons (Fsp3) is 0.333. The predicted octanol–water partition coefficient (Wildman–Crippen LogP) is 6.89. The van der Waals surface area contributed by atoms with Gasteiger partial charge in [0.05, 0.1) is 12.3 Å². The highest BCUT2D eigenvalue weighted by molar-refractivity contribution is 7.79. The van der Waals surface area contributed by atoms with E-state index in [1.54, 1.807) is 4.90 Å². The van der Waals surface area contributed by atoms with Crippen LogP contribution in [-0.2, 0) is 18.7 Å². The van der Waals surface area contributed by atoms with Gasteiger partial charge < -0.3 is 18.9 Å². The molecule has 0 aromatic heterocycles. The monoisotopic (exact) mass is 670 g/mol. The molecular formula is C39H48N2O4P2. The summed E-state index contributed by atoms with van der Waals surface area (Å²) in [5, 5.41) is 2.56. The van der Waals surface area contributed by atoms with E-state index in [0.29, 0.717) is 47.4 Å². The third-order valence-corrected chi connectivity index (χ3v) is 14.6. The Labute approximate surface area is 280 Å². The van der Waals surface area contributed by atoms with E-state index in [1.807, 2.05) is 128 Å². The molecule has 47 heavy (non-hydrogen) atoms. The van der Waals surface area contributed by atoms with Gasteiger partial charge >= 0.3 is 0 Å². The molecule has 0 heterocycles. The van der Waals surface area contributed by atoms with Crippen LogP contribution in [0, 0.1) is 0 Å². The molecule has 0 aliphatic rings. The molecule has 0 aliphatic carbocycles. The Morgan fingerprint density at radius 1 is 0.511 bits per heavy atom. The van der Waals surface area contributed by atoms with Crippen molar-refractivity contribution in [3.05, 3.63) is 109 Å². The van der Waals surface area contributed by atoms with Crippen LogP contribution in [0.5, 0.6) is 0 Å². The Morgan fingerprint density at radius 2 is 1.00 bits per heavy atom. The summed E-state index contributed by atoms with van der Waals surface area (Å²) in [5.41, 5.74) is 1.72. The van der Waals surface area contributed by atoms with Gasteiger partial charge in [0.1, 0.15) is 0 Å². The van der Waals surface area contributed by atoms with Crippen LogP contribution in [0.4, 0.5) is 0 Å². The molecule has 0 N–H and O–H groups in total. The van der Waals surface area contributed by atoms with Gasteiger partial charge in [0.2, 0.25) is 11.8 Å². The van der Waals surface area contributed by atoms with Crippen LogP contribution in [0.2, 0.25) is 0 Å². The van der Waals surface area contributed by atoms with Gasteiger partial charge in [-0.05, 0) is 43.9 Å². The minimum absolute atomic E-state index is 0.0655. The standard InChI is InChI=1S/C39H48N2O4P2/c1-5-9-28-41(27-6-2)39(43)31-47(45,35-20-14-11-15-21-35)37-22-16-17-33(29-37)32-23-25-36(26-24-32)46(44,34-18-12-10-13-19-34)30-38(42)40(7-3)8-4/h10-26,29H,5-9,27-28,30-31H2,1-4H3. The molecule has 2 atom stereocenters. The van der Waals surface area contributed by atoms with Crippen molar-refractivity contribution in [1.82, 2.24) is 9.80 Å². The van der Waals surface area contributed by atoms with E-state index in [2.05, 4.69) is 13.8 Å². The number of nitrogens with zero attached hydrogens (tertiary/aromatic N) is 2. The van der Waals surface area contributed by atoms with Gasteiger partial charge in [0, 0.05) is 47.4 Å². The van der Waals surface area contributed by atoms with Crippen LogP contribution in [0.15, 0.2) is 109 Å². The van der Waals surface area contributed by atoms with Crippen molar-refractivity contribution < 1.29 is 18.7 Å². The maximum absolute atomic E-state index is 15.0. The molecule has 0 saturated carbocycles. The first-order chi connectivity index (χ1) is 22.7. The van der Waals surface area contributed by atoms with Crippen LogP contribution in [0.25, 0.3) is 11.1 Å². The molecule has 0 radical (unpaired) electrons. The molecule has 2 amide bonds. The maximum Gasteiger partial charge on any atom is 0.230 e. The zero-order valence-electron chi connectivity index (χ0n) is 28.2. The number of carbonyl (C=O) groups excluding carboxylic acids is 2. The molecule has 2 unspecified atom stereocenters. The molecule has 4 aromatic carbocycles. The van der Waals surface area contributed by atoms with Crippen molar-refractivity contribution in [3.63, 3.8) is 0 Å². The quantitative estimate of drug-likeness (QED) is 0.122. The fourth-order valence-corrected chi connectivity index (χ4v) is 11.0. The van der Waals surface area contributed by atoms with Gasteiger partial charge in [0.15, 0.2) is 14.3 Å². The summed E-state index contributed by atoms with van der Waals surface area (Å²) in [5.74, 6) is -0.212. The number of amides is 2. The Kier molecular flexibility index (Phi) is 13.0. The highest BCUT2D eigenvalue weighted by atomic mass is 31.2. The molecule has 6 nitrogen and oxygen atoms in total. The van der Waals surface area contributed by atoms with Gasteiger partial charge in [-0.3, -0.25) is 9.59 Å². The first-order valence-corrected chi connectivity index (χ1v) is 20.5. The second-order valence-electron chi connectivity index (χ2n) is 11.9. The highest BCUT2D eigenvalue weighted by Gasteiger charge is 2.33.